The average Bonchev–Trinajstić information content (AvgIpc) is 3.22. The van der Waals surface area contributed by atoms with Gasteiger partial charge >= 0.3 is 12.2 Å². The lowest BCUT2D eigenvalue weighted by Gasteiger charge is -2.22. The van der Waals surface area contributed by atoms with E-state index in [4.69, 9.17) is 9.47 Å². The molecule has 1 atom stereocenters. The van der Waals surface area contributed by atoms with E-state index in [2.05, 4.69) is 15.3 Å². The van der Waals surface area contributed by atoms with Gasteiger partial charge in [-0.25, -0.2) is 24.1 Å². The standard InChI is InChI=1S/C19H26N4O5S/c1-18(2,3)27-16(25)22-13(14(24)15-20-7-8-29-15)9-12-10-23(11-21-12)17(26)28-19(4,5)6/h7-8,10-11,13H,9H2,1-6H3,(H,22,25). The first-order chi connectivity index (χ1) is 13.3. The fraction of sp³-hybridized carbons (Fsp3) is 0.526. The zero-order valence-electron chi connectivity index (χ0n) is 17.4. The molecular weight excluding hydrogens is 396 g/mol. The van der Waals surface area contributed by atoms with Crippen LogP contribution in [0.5, 0.6) is 0 Å². The molecule has 0 aromatic carbocycles. The molecule has 2 aromatic rings. The van der Waals surface area contributed by atoms with Gasteiger partial charge in [-0.3, -0.25) is 4.79 Å². The van der Waals surface area contributed by atoms with Gasteiger partial charge in [0, 0.05) is 24.2 Å². The van der Waals surface area contributed by atoms with Crippen molar-refractivity contribution in [3.05, 3.63) is 34.8 Å². The number of nitrogens with zero attached hydrogens (tertiary/aromatic N) is 3. The summed E-state index contributed by atoms with van der Waals surface area (Å²) in [7, 11) is 0. The van der Waals surface area contributed by atoms with Crippen LogP contribution in [0.3, 0.4) is 0 Å². The van der Waals surface area contributed by atoms with Crippen LogP contribution in [0.25, 0.3) is 0 Å². The monoisotopic (exact) mass is 422 g/mol. The maximum absolute atomic E-state index is 12.8. The number of imidazole rings is 1. The molecule has 0 aliphatic heterocycles. The number of hydrogen-bond acceptors (Lipinski definition) is 8. The van der Waals surface area contributed by atoms with Crippen molar-refractivity contribution in [3.63, 3.8) is 0 Å². The first-order valence-electron chi connectivity index (χ1n) is 9.03. The van der Waals surface area contributed by atoms with Crippen molar-refractivity contribution in [3.8, 4) is 0 Å². The van der Waals surface area contributed by atoms with E-state index in [-0.39, 0.29) is 17.2 Å². The molecule has 0 saturated heterocycles. The van der Waals surface area contributed by atoms with Crippen molar-refractivity contribution in [1.82, 2.24) is 19.9 Å². The number of Topliss-reactive ketones (excluding diaryl/α,β-unsaturated/α-hetero) is 1. The zero-order chi connectivity index (χ0) is 21.8. The number of aromatic nitrogens is 3. The molecule has 1 amide bonds. The van der Waals surface area contributed by atoms with Gasteiger partial charge in [0.25, 0.3) is 0 Å². The summed E-state index contributed by atoms with van der Waals surface area (Å²) in [5.74, 6) is -0.363. The number of thiazole rings is 1. The number of ketones is 1. The SMILES string of the molecule is CC(C)(C)OC(=O)NC(Cc1cn(C(=O)OC(C)(C)C)cn1)C(=O)c1nccs1. The average molecular weight is 423 g/mol. The third-order valence-corrected chi connectivity index (χ3v) is 4.09. The van der Waals surface area contributed by atoms with E-state index < -0.39 is 29.4 Å². The van der Waals surface area contributed by atoms with E-state index in [0.717, 1.165) is 0 Å². The maximum Gasteiger partial charge on any atom is 0.419 e. The minimum Gasteiger partial charge on any atom is -0.444 e. The summed E-state index contributed by atoms with van der Waals surface area (Å²) in [6.07, 6.45) is 3.04. The van der Waals surface area contributed by atoms with Gasteiger partial charge in [-0.1, -0.05) is 0 Å². The smallest absolute Gasteiger partial charge is 0.419 e. The maximum atomic E-state index is 12.8. The van der Waals surface area contributed by atoms with Crippen LogP contribution in [0.2, 0.25) is 0 Å². The normalized spacial score (nSPS) is 12.9. The van der Waals surface area contributed by atoms with E-state index >= 15 is 0 Å². The molecule has 29 heavy (non-hydrogen) atoms. The minimum absolute atomic E-state index is 0.0630. The molecule has 1 unspecified atom stereocenters. The predicted octanol–water partition coefficient (Wildman–Crippen LogP) is 3.44. The van der Waals surface area contributed by atoms with Gasteiger partial charge in [-0.05, 0) is 41.5 Å². The number of rotatable bonds is 5. The van der Waals surface area contributed by atoms with Crippen LogP contribution in [-0.2, 0) is 15.9 Å². The lowest BCUT2D eigenvalue weighted by molar-refractivity contribution is 0.0488. The lowest BCUT2D eigenvalue weighted by atomic mass is 10.1. The van der Waals surface area contributed by atoms with Gasteiger partial charge < -0.3 is 14.8 Å². The molecule has 0 aliphatic rings. The second-order valence-corrected chi connectivity index (χ2v) is 9.25. The molecular formula is C19H26N4O5S. The highest BCUT2D eigenvalue weighted by molar-refractivity contribution is 7.11. The summed E-state index contributed by atoms with van der Waals surface area (Å²) >= 11 is 1.17. The van der Waals surface area contributed by atoms with Crippen LogP contribution in [0.4, 0.5) is 9.59 Å². The number of carbonyl (C=O) groups excluding carboxylic acids is 3. The summed E-state index contributed by atoms with van der Waals surface area (Å²) in [6, 6.07) is -0.946. The van der Waals surface area contributed by atoms with Gasteiger partial charge in [0.1, 0.15) is 23.6 Å². The molecule has 2 aromatic heterocycles. The van der Waals surface area contributed by atoms with Crippen molar-refractivity contribution >= 4 is 29.3 Å². The molecule has 9 nitrogen and oxygen atoms in total. The summed E-state index contributed by atoms with van der Waals surface area (Å²) in [4.78, 5) is 45.3. The zero-order valence-corrected chi connectivity index (χ0v) is 18.2. The van der Waals surface area contributed by atoms with Crippen LogP contribution in [0.1, 0.15) is 57.0 Å². The number of carbonyl (C=O) groups is 3. The van der Waals surface area contributed by atoms with Crippen molar-refractivity contribution in [1.29, 1.82) is 0 Å². The molecule has 0 saturated carbocycles. The lowest BCUT2D eigenvalue weighted by Crippen LogP contribution is -2.44. The van der Waals surface area contributed by atoms with Crippen LogP contribution in [0, 0.1) is 0 Å². The largest absolute Gasteiger partial charge is 0.444 e. The molecule has 0 spiro atoms. The molecule has 2 heterocycles. The van der Waals surface area contributed by atoms with Crippen LogP contribution in [-0.4, -0.2) is 49.7 Å². The van der Waals surface area contributed by atoms with Crippen LogP contribution >= 0.6 is 11.3 Å². The topological polar surface area (TPSA) is 112 Å². The highest BCUT2D eigenvalue weighted by Crippen LogP contribution is 2.14. The summed E-state index contributed by atoms with van der Waals surface area (Å²) in [5.41, 5.74) is -0.929. The van der Waals surface area contributed by atoms with Crippen LogP contribution in [0.15, 0.2) is 24.1 Å². The minimum atomic E-state index is -0.946. The Bertz CT molecular complexity index is 862. The van der Waals surface area contributed by atoms with Crippen molar-refractivity contribution in [2.24, 2.45) is 0 Å². The first-order valence-corrected chi connectivity index (χ1v) is 9.91. The number of hydrogen-bond donors (Lipinski definition) is 1. The molecule has 10 heteroatoms. The Labute approximate surface area is 173 Å². The van der Waals surface area contributed by atoms with Crippen molar-refractivity contribution in [2.75, 3.05) is 0 Å². The molecule has 0 bridgehead atoms. The van der Waals surface area contributed by atoms with E-state index in [0.29, 0.717) is 5.69 Å². The first kappa shape index (κ1) is 22.5. The quantitative estimate of drug-likeness (QED) is 0.734. The molecule has 2 rings (SSSR count). The molecule has 158 valence electrons. The Morgan fingerprint density at radius 2 is 1.76 bits per heavy atom. The van der Waals surface area contributed by atoms with Gasteiger partial charge in [-0.15, -0.1) is 11.3 Å². The third-order valence-electron chi connectivity index (χ3n) is 3.30. The Morgan fingerprint density at radius 3 is 2.31 bits per heavy atom. The molecule has 0 aliphatic carbocycles. The second kappa shape index (κ2) is 8.73. The van der Waals surface area contributed by atoms with Gasteiger partial charge in [-0.2, -0.15) is 0 Å². The number of ether oxygens (including phenoxy) is 2. The van der Waals surface area contributed by atoms with E-state index in [1.54, 1.807) is 46.9 Å². The fourth-order valence-corrected chi connectivity index (χ4v) is 2.88. The number of nitrogens with one attached hydrogen (secondary N) is 1. The van der Waals surface area contributed by atoms with Crippen molar-refractivity contribution in [2.45, 2.75) is 65.2 Å². The van der Waals surface area contributed by atoms with E-state index in [1.165, 1.54) is 34.6 Å². The Balaban J connectivity index is 2.16. The highest BCUT2D eigenvalue weighted by Gasteiger charge is 2.28. The van der Waals surface area contributed by atoms with Crippen molar-refractivity contribution < 1.29 is 23.9 Å². The van der Waals surface area contributed by atoms with Crippen LogP contribution < -0.4 is 5.32 Å². The third kappa shape index (κ3) is 7.30. The molecule has 1 N–H and O–H groups in total. The molecule has 0 fully saturated rings. The summed E-state index contributed by atoms with van der Waals surface area (Å²) in [6.45, 7) is 10.5. The number of amides is 1. The number of alkyl carbamates (subject to hydrolysis) is 1. The summed E-state index contributed by atoms with van der Waals surface area (Å²) < 4.78 is 11.7. The van der Waals surface area contributed by atoms with E-state index in [9.17, 15) is 14.4 Å². The predicted molar refractivity (Wildman–Crippen MR) is 107 cm³/mol. The highest BCUT2D eigenvalue weighted by atomic mass is 32.1. The second-order valence-electron chi connectivity index (χ2n) is 8.36. The Kier molecular flexibility index (Phi) is 6.78. The summed E-state index contributed by atoms with van der Waals surface area (Å²) in [5, 5.41) is 4.51. The Morgan fingerprint density at radius 1 is 1.10 bits per heavy atom. The molecule has 0 radical (unpaired) electrons. The van der Waals surface area contributed by atoms with Gasteiger partial charge in [0.15, 0.2) is 5.01 Å². The van der Waals surface area contributed by atoms with Gasteiger partial charge in [0.05, 0.1) is 5.69 Å². The van der Waals surface area contributed by atoms with E-state index in [1.807, 2.05) is 0 Å². The van der Waals surface area contributed by atoms with Gasteiger partial charge in [0.2, 0.25) is 5.78 Å². The fourth-order valence-electron chi connectivity index (χ4n) is 2.25. The Hall–Kier alpha value is -2.75.